The Hall–Kier alpha value is -1.90. The van der Waals surface area contributed by atoms with Crippen LogP contribution in [0.15, 0.2) is 12.3 Å². The lowest BCUT2D eigenvalue weighted by molar-refractivity contribution is -0.141. The summed E-state index contributed by atoms with van der Waals surface area (Å²) in [4.78, 5) is 19.7. The fraction of sp³-hybridized carbons (Fsp3) is 0.545. The van der Waals surface area contributed by atoms with Gasteiger partial charge in [-0.2, -0.15) is 13.2 Å². The van der Waals surface area contributed by atoms with Crippen molar-refractivity contribution in [3.63, 3.8) is 0 Å². The molecule has 0 unspecified atom stereocenters. The van der Waals surface area contributed by atoms with Gasteiger partial charge in [0.15, 0.2) is 0 Å². The minimum Gasteiger partial charge on any atom is -0.383 e. The van der Waals surface area contributed by atoms with Gasteiger partial charge < -0.3 is 15.4 Å². The number of hydrogen-bond donors (Lipinski definition) is 1. The number of nitrogens with zero attached hydrogens (tertiary/aromatic N) is 3. The van der Waals surface area contributed by atoms with E-state index in [0.29, 0.717) is 0 Å². The second kappa shape index (κ2) is 6.51. The van der Waals surface area contributed by atoms with Crippen LogP contribution in [0.1, 0.15) is 12.6 Å². The number of alkyl halides is 3. The summed E-state index contributed by atoms with van der Waals surface area (Å²) in [5.41, 5.74) is 4.09. The van der Waals surface area contributed by atoms with E-state index in [1.54, 1.807) is 0 Å². The third-order valence-electron chi connectivity index (χ3n) is 2.61. The van der Waals surface area contributed by atoms with Crippen molar-refractivity contribution in [1.29, 1.82) is 0 Å². The minimum absolute atomic E-state index is 0.141. The fourth-order valence-corrected chi connectivity index (χ4v) is 1.45. The number of methoxy groups -OCH3 is 1. The van der Waals surface area contributed by atoms with Gasteiger partial charge >= 0.3 is 6.18 Å². The zero-order chi connectivity index (χ0) is 15.3. The number of anilines is 1. The number of amides is 1. The van der Waals surface area contributed by atoms with Gasteiger partial charge in [0.05, 0.1) is 6.61 Å². The maximum atomic E-state index is 12.6. The van der Waals surface area contributed by atoms with Gasteiger partial charge in [-0.15, -0.1) is 0 Å². The van der Waals surface area contributed by atoms with E-state index in [1.165, 1.54) is 18.9 Å². The standard InChI is InChI=1S/C11H15F3N4O2/c1-7(9(15)19)18(5-6-20-2)10-16-4-3-8(17-10)11(12,13)14/h3-4,7H,5-6H2,1-2H3,(H2,15,19)/t7-/m0/s1. The summed E-state index contributed by atoms with van der Waals surface area (Å²) in [5, 5.41) is 0. The van der Waals surface area contributed by atoms with E-state index in [2.05, 4.69) is 9.97 Å². The summed E-state index contributed by atoms with van der Waals surface area (Å²) < 4.78 is 42.7. The Kier molecular flexibility index (Phi) is 5.26. The Morgan fingerprint density at radius 2 is 2.20 bits per heavy atom. The van der Waals surface area contributed by atoms with Crippen LogP contribution in [0, 0.1) is 0 Å². The van der Waals surface area contributed by atoms with Gasteiger partial charge in [-0.05, 0) is 13.0 Å². The normalized spacial score (nSPS) is 13.1. The summed E-state index contributed by atoms with van der Waals surface area (Å²) in [5.74, 6) is -0.912. The quantitative estimate of drug-likeness (QED) is 0.839. The van der Waals surface area contributed by atoms with E-state index in [-0.39, 0.29) is 19.1 Å². The van der Waals surface area contributed by atoms with Crippen molar-refractivity contribution in [2.75, 3.05) is 25.2 Å². The predicted octanol–water partition coefficient (Wildman–Crippen LogP) is 0.822. The lowest BCUT2D eigenvalue weighted by atomic mass is 10.2. The minimum atomic E-state index is -4.58. The maximum Gasteiger partial charge on any atom is 0.433 e. The summed E-state index contributed by atoms with van der Waals surface area (Å²) in [6.45, 7) is 1.79. The highest BCUT2D eigenvalue weighted by atomic mass is 19.4. The first-order valence-corrected chi connectivity index (χ1v) is 5.72. The lowest BCUT2D eigenvalue weighted by Gasteiger charge is -2.27. The molecule has 1 amide bonds. The molecule has 1 rings (SSSR count). The molecule has 1 aromatic heterocycles. The second-order valence-corrected chi connectivity index (χ2v) is 4.00. The number of ether oxygens (including phenoxy) is 1. The number of carbonyl (C=O) groups excluding carboxylic acids is 1. The molecule has 1 aromatic rings. The van der Waals surface area contributed by atoms with Crippen LogP contribution in [0.4, 0.5) is 19.1 Å². The smallest absolute Gasteiger partial charge is 0.383 e. The van der Waals surface area contributed by atoms with Crippen LogP contribution in [0.3, 0.4) is 0 Å². The summed E-state index contributed by atoms with van der Waals surface area (Å²) in [7, 11) is 1.43. The van der Waals surface area contributed by atoms with Gasteiger partial charge in [-0.3, -0.25) is 4.79 Å². The van der Waals surface area contributed by atoms with Crippen LogP contribution >= 0.6 is 0 Å². The molecule has 1 heterocycles. The molecule has 0 aliphatic heterocycles. The van der Waals surface area contributed by atoms with Crippen molar-refractivity contribution < 1.29 is 22.7 Å². The molecular weight excluding hydrogens is 277 g/mol. The topological polar surface area (TPSA) is 81.3 Å². The molecule has 0 fully saturated rings. The van der Waals surface area contributed by atoms with Gasteiger partial charge in [0.2, 0.25) is 11.9 Å². The zero-order valence-corrected chi connectivity index (χ0v) is 11.0. The van der Waals surface area contributed by atoms with E-state index in [0.717, 1.165) is 12.3 Å². The van der Waals surface area contributed by atoms with E-state index in [9.17, 15) is 18.0 Å². The van der Waals surface area contributed by atoms with Crippen molar-refractivity contribution in [2.45, 2.75) is 19.1 Å². The van der Waals surface area contributed by atoms with Gasteiger partial charge in [-0.1, -0.05) is 0 Å². The molecule has 0 aromatic carbocycles. The van der Waals surface area contributed by atoms with Crippen LogP contribution in [0.2, 0.25) is 0 Å². The molecule has 6 nitrogen and oxygen atoms in total. The van der Waals surface area contributed by atoms with E-state index in [4.69, 9.17) is 10.5 Å². The highest BCUT2D eigenvalue weighted by Gasteiger charge is 2.33. The molecule has 20 heavy (non-hydrogen) atoms. The number of halogens is 3. The van der Waals surface area contributed by atoms with Gasteiger partial charge in [-0.25, -0.2) is 9.97 Å². The lowest BCUT2D eigenvalue weighted by Crippen LogP contribution is -2.45. The molecule has 1 atom stereocenters. The van der Waals surface area contributed by atoms with Gasteiger partial charge in [0.25, 0.3) is 0 Å². The summed E-state index contributed by atoms with van der Waals surface area (Å²) in [6.07, 6.45) is -3.60. The molecule has 9 heteroatoms. The Balaban J connectivity index is 3.10. The van der Waals surface area contributed by atoms with Crippen molar-refractivity contribution in [2.24, 2.45) is 5.73 Å². The van der Waals surface area contributed by atoms with Crippen LogP contribution < -0.4 is 10.6 Å². The van der Waals surface area contributed by atoms with Crippen molar-refractivity contribution in [3.8, 4) is 0 Å². The fourth-order valence-electron chi connectivity index (χ4n) is 1.45. The van der Waals surface area contributed by atoms with Gasteiger partial charge in [0.1, 0.15) is 11.7 Å². The average Bonchev–Trinajstić information content (AvgIpc) is 2.38. The number of carbonyl (C=O) groups is 1. The number of nitrogens with two attached hydrogens (primary N) is 1. The van der Waals surface area contributed by atoms with Crippen molar-refractivity contribution >= 4 is 11.9 Å². The first-order chi connectivity index (χ1) is 9.27. The number of aromatic nitrogens is 2. The van der Waals surface area contributed by atoms with Crippen LogP contribution in [-0.4, -0.2) is 42.2 Å². The summed E-state index contributed by atoms with van der Waals surface area (Å²) >= 11 is 0. The summed E-state index contributed by atoms with van der Waals surface area (Å²) in [6, 6.07) is -0.0962. The Bertz CT molecular complexity index is 467. The third-order valence-corrected chi connectivity index (χ3v) is 2.61. The predicted molar refractivity (Wildman–Crippen MR) is 64.9 cm³/mol. The molecule has 0 aliphatic rings. The van der Waals surface area contributed by atoms with E-state index >= 15 is 0 Å². The molecule has 0 aliphatic carbocycles. The number of hydrogen-bond acceptors (Lipinski definition) is 5. The van der Waals surface area contributed by atoms with E-state index < -0.39 is 23.8 Å². The number of rotatable bonds is 6. The van der Waals surface area contributed by atoms with E-state index in [1.807, 2.05) is 0 Å². The molecule has 0 saturated carbocycles. The first kappa shape index (κ1) is 16.2. The van der Waals surface area contributed by atoms with Crippen LogP contribution in [0.5, 0.6) is 0 Å². The van der Waals surface area contributed by atoms with Crippen molar-refractivity contribution in [3.05, 3.63) is 18.0 Å². The van der Waals surface area contributed by atoms with Crippen LogP contribution in [-0.2, 0) is 15.7 Å². The molecule has 0 radical (unpaired) electrons. The molecular formula is C11H15F3N4O2. The molecule has 0 saturated heterocycles. The average molecular weight is 292 g/mol. The monoisotopic (exact) mass is 292 g/mol. The Morgan fingerprint density at radius 1 is 1.55 bits per heavy atom. The molecule has 0 spiro atoms. The zero-order valence-electron chi connectivity index (χ0n) is 11.0. The SMILES string of the molecule is COCCN(c1nccc(C(F)(F)F)n1)[C@@H](C)C(N)=O. The molecule has 112 valence electrons. The second-order valence-electron chi connectivity index (χ2n) is 4.00. The molecule has 2 N–H and O–H groups in total. The Labute approximate surface area is 113 Å². The Morgan fingerprint density at radius 3 is 2.70 bits per heavy atom. The van der Waals surface area contributed by atoms with Crippen molar-refractivity contribution in [1.82, 2.24) is 9.97 Å². The third kappa shape index (κ3) is 4.05. The largest absolute Gasteiger partial charge is 0.433 e. The van der Waals surface area contributed by atoms with Crippen LogP contribution in [0.25, 0.3) is 0 Å². The number of primary amides is 1. The highest BCUT2D eigenvalue weighted by Crippen LogP contribution is 2.28. The molecule has 0 bridgehead atoms. The highest BCUT2D eigenvalue weighted by molar-refractivity contribution is 5.82. The first-order valence-electron chi connectivity index (χ1n) is 5.72. The van der Waals surface area contributed by atoms with Gasteiger partial charge in [0, 0.05) is 19.9 Å². The maximum absolute atomic E-state index is 12.6.